The molecule has 0 amide bonds. The maximum Gasteiger partial charge on any atom is 0.0546 e. The lowest BCUT2D eigenvalue weighted by atomic mass is 9.82. The molecule has 1 atom stereocenters. The van der Waals surface area contributed by atoms with Crippen molar-refractivity contribution in [2.24, 2.45) is 5.92 Å². The molecule has 2 nitrogen and oxygen atoms in total. The molecule has 0 bridgehead atoms. The highest BCUT2D eigenvalue weighted by Gasteiger charge is 2.27. The molecule has 0 heterocycles. The minimum Gasteiger partial charge on any atom is -0.393 e. The Morgan fingerprint density at radius 2 is 2.00 bits per heavy atom. The SMILES string of the molecule is CCC(NCC1CC(O)C1)c1ccc(Br)cc1. The predicted molar refractivity (Wildman–Crippen MR) is 73.9 cm³/mol. The standard InChI is InChI=1S/C14H20BrNO/c1-2-14(11-3-5-12(15)6-4-11)16-9-10-7-13(17)8-10/h3-6,10,13-14,16-17H,2,7-9H2,1H3. The van der Waals surface area contributed by atoms with Crippen molar-refractivity contribution in [3.63, 3.8) is 0 Å². The van der Waals surface area contributed by atoms with Gasteiger partial charge in [-0.25, -0.2) is 0 Å². The van der Waals surface area contributed by atoms with Crippen LogP contribution in [-0.2, 0) is 0 Å². The summed E-state index contributed by atoms with van der Waals surface area (Å²) in [6.45, 7) is 3.22. The van der Waals surface area contributed by atoms with Crippen molar-refractivity contribution in [1.29, 1.82) is 0 Å². The highest BCUT2D eigenvalue weighted by Crippen LogP contribution is 2.27. The second kappa shape index (κ2) is 5.98. The molecule has 3 heteroatoms. The second-order valence-corrected chi connectivity index (χ2v) is 5.83. The van der Waals surface area contributed by atoms with Gasteiger partial charge in [0.15, 0.2) is 0 Å². The lowest BCUT2D eigenvalue weighted by molar-refractivity contribution is 0.0418. The van der Waals surface area contributed by atoms with Crippen LogP contribution in [0, 0.1) is 5.92 Å². The van der Waals surface area contributed by atoms with Crippen molar-refractivity contribution in [3.05, 3.63) is 34.3 Å². The van der Waals surface area contributed by atoms with E-state index in [9.17, 15) is 5.11 Å². The molecule has 1 aliphatic rings. The molecule has 0 aromatic heterocycles. The van der Waals surface area contributed by atoms with Crippen molar-refractivity contribution < 1.29 is 5.11 Å². The third kappa shape index (κ3) is 3.54. The summed E-state index contributed by atoms with van der Waals surface area (Å²) in [5.74, 6) is 0.662. The summed E-state index contributed by atoms with van der Waals surface area (Å²) in [5, 5.41) is 12.9. The number of aliphatic hydroxyl groups is 1. The maximum absolute atomic E-state index is 9.26. The van der Waals surface area contributed by atoms with Gasteiger partial charge in [0, 0.05) is 10.5 Å². The number of benzene rings is 1. The first-order valence-electron chi connectivity index (χ1n) is 6.36. The molecule has 94 valence electrons. The van der Waals surface area contributed by atoms with Crippen LogP contribution >= 0.6 is 15.9 Å². The Labute approximate surface area is 112 Å². The molecule has 2 rings (SSSR count). The highest BCUT2D eigenvalue weighted by atomic mass is 79.9. The molecule has 1 aliphatic carbocycles. The first kappa shape index (κ1) is 13.1. The third-order valence-corrected chi connectivity index (χ3v) is 4.07. The van der Waals surface area contributed by atoms with Gasteiger partial charge in [-0.05, 0) is 49.4 Å². The Hall–Kier alpha value is -0.380. The molecular weight excluding hydrogens is 278 g/mol. The second-order valence-electron chi connectivity index (χ2n) is 4.91. The van der Waals surface area contributed by atoms with E-state index < -0.39 is 0 Å². The Morgan fingerprint density at radius 3 is 2.53 bits per heavy atom. The number of nitrogens with one attached hydrogen (secondary N) is 1. The number of aliphatic hydroxyl groups excluding tert-OH is 1. The van der Waals surface area contributed by atoms with Crippen LogP contribution in [0.4, 0.5) is 0 Å². The Morgan fingerprint density at radius 1 is 1.35 bits per heavy atom. The number of rotatable bonds is 5. The van der Waals surface area contributed by atoms with Crippen LogP contribution in [0.2, 0.25) is 0 Å². The van der Waals surface area contributed by atoms with Gasteiger partial charge in [-0.15, -0.1) is 0 Å². The van der Waals surface area contributed by atoms with Gasteiger partial charge in [0.05, 0.1) is 6.10 Å². The fraction of sp³-hybridized carbons (Fsp3) is 0.571. The fourth-order valence-electron chi connectivity index (χ4n) is 2.37. The van der Waals surface area contributed by atoms with Crippen molar-refractivity contribution in [2.45, 2.75) is 38.3 Å². The molecule has 1 aromatic rings. The van der Waals surface area contributed by atoms with Gasteiger partial charge >= 0.3 is 0 Å². The van der Waals surface area contributed by atoms with E-state index >= 15 is 0 Å². The van der Waals surface area contributed by atoms with Crippen molar-refractivity contribution in [3.8, 4) is 0 Å². The van der Waals surface area contributed by atoms with Crippen molar-refractivity contribution in [2.75, 3.05) is 6.54 Å². The molecule has 17 heavy (non-hydrogen) atoms. The summed E-state index contributed by atoms with van der Waals surface area (Å²) in [5.41, 5.74) is 1.34. The van der Waals surface area contributed by atoms with E-state index in [1.807, 2.05) is 0 Å². The summed E-state index contributed by atoms with van der Waals surface area (Å²) < 4.78 is 1.12. The Kier molecular flexibility index (Phi) is 4.60. The summed E-state index contributed by atoms with van der Waals surface area (Å²) >= 11 is 3.46. The lowest BCUT2D eigenvalue weighted by Crippen LogP contribution is -2.37. The zero-order valence-electron chi connectivity index (χ0n) is 10.2. The average molecular weight is 298 g/mol. The lowest BCUT2D eigenvalue weighted by Gasteiger charge is -2.33. The molecule has 0 spiro atoms. The number of halogens is 1. The summed E-state index contributed by atoms with van der Waals surface area (Å²) in [6.07, 6.45) is 2.97. The van der Waals surface area contributed by atoms with Gasteiger partial charge < -0.3 is 10.4 Å². The third-order valence-electron chi connectivity index (χ3n) is 3.54. The van der Waals surface area contributed by atoms with Crippen LogP contribution in [0.1, 0.15) is 37.8 Å². The van der Waals surface area contributed by atoms with E-state index in [4.69, 9.17) is 0 Å². The molecule has 1 aromatic carbocycles. The molecular formula is C14H20BrNO. The summed E-state index contributed by atoms with van der Waals surface area (Å²) in [6, 6.07) is 8.95. The monoisotopic (exact) mass is 297 g/mol. The first-order valence-corrected chi connectivity index (χ1v) is 7.15. The first-order chi connectivity index (χ1) is 8.19. The maximum atomic E-state index is 9.26. The van der Waals surface area contributed by atoms with Crippen LogP contribution < -0.4 is 5.32 Å². The summed E-state index contributed by atoms with van der Waals surface area (Å²) in [4.78, 5) is 0. The van der Waals surface area contributed by atoms with Gasteiger partial charge in [-0.3, -0.25) is 0 Å². The van der Waals surface area contributed by atoms with Crippen LogP contribution in [0.15, 0.2) is 28.7 Å². The minimum atomic E-state index is -0.0467. The predicted octanol–water partition coefficient (Wildman–Crippen LogP) is 3.26. The van der Waals surface area contributed by atoms with Gasteiger partial charge in [0.2, 0.25) is 0 Å². The van der Waals surface area contributed by atoms with E-state index in [-0.39, 0.29) is 6.10 Å². The molecule has 2 N–H and O–H groups in total. The molecule has 1 unspecified atom stereocenters. The van der Waals surface area contributed by atoms with Crippen LogP contribution in [0.5, 0.6) is 0 Å². The van der Waals surface area contributed by atoms with E-state index in [0.29, 0.717) is 12.0 Å². The summed E-state index contributed by atoms with van der Waals surface area (Å²) in [7, 11) is 0. The Balaban J connectivity index is 1.85. The number of hydrogen-bond acceptors (Lipinski definition) is 2. The van der Waals surface area contributed by atoms with E-state index in [2.05, 4.69) is 52.4 Å². The molecule has 0 radical (unpaired) electrons. The largest absolute Gasteiger partial charge is 0.393 e. The van der Waals surface area contributed by atoms with Gasteiger partial charge in [0.1, 0.15) is 0 Å². The fourth-order valence-corrected chi connectivity index (χ4v) is 2.63. The Bertz CT molecular complexity index is 346. The molecule has 1 fully saturated rings. The van der Waals surface area contributed by atoms with E-state index in [0.717, 1.165) is 30.3 Å². The zero-order valence-corrected chi connectivity index (χ0v) is 11.8. The van der Waals surface area contributed by atoms with Gasteiger partial charge in [-0.2, -0.15) is 0 Å². The molecule has 0 aliphatic heterocycles. The quantitative estimate of drug-likeness (QED) is 0.874. The molecule has 0 saturated heterocycles. The van der Waals surface area contributed by atoms with Gasteiger partial charge in [0.25, 0.3) is 0 Å². The topological polar surface area (TPSA) is 32.3 Å². The van der Waals surface area contributed by atoms with Crippen LogP contribution in [0.3, 0.4) is 0 Å². The van der Waals surface area contributed by atoms with Crippen LogP contribution in [0.25, 0.3) is 0 Å². The van der Waals surface area contributed by atoms with Crippen molar-refractivity contribution in [1.82, 2.24) is 5.32 Å². The average Bonchev–Trinajstić information content (AvgIpc) is 2.29. The smallest absolute Gasteiger partial charge is 0.0546 e. The van der Waals surface area contributed by atoms with Crippen molar-refractivity contribution >= 4 is 15.9 Å². The van der Waals surface area contributed by atoms with E-state index in [1.54, 1.807) is 0 Å². The number of hydrogen-bond donors (Lipinski definition) is 2. The zero-order chi connectivity index (χ0) is 12.3. The molecule has 1 saturated carbocycles. The normalized spacial score (nSPS) is 25.4. The van der Waals surface area contributed by atoms with E-state index in [1.165, 1.54) is 5.56 Å². The minimum absolute atomic E-state index is 0.0467. The highest BCUT2D eigenvalue weighted by molar-refractivity contribution is 9.10. The van der Waals surface area contributed by atoms with Crippen LogP contribution in [-0.4, -0.2) is 17.8 Å². The van der Waals surface area contributed by atoms with Gasteiger partial charge in [-0.1, -0.05) is 35.0 Å².